The van der Waals surface area contributed by atoms with Gasteiger partial charge in [-0.25, -0.2) is 0 Å². The Kier molecular flexibility index (Phi) is 4.30. The molecule has 1 aromatic carbocycles. The molecular weight excluding hydrogens is 172 g/mol. The molecule has 0 aliphatic heterocycles. The summed E-state index contributed by atoms with van der Waals surface area (Å²) in [5.74, 6) is 0. The molecule has 1 aromatic rings. The Morgan fingerprint density at radius 3 is 2.50 bits per heavy atom. The normalized spacial score (nSPS) is 10.4. The van der Waals surface area contributed by atoms with Gasteiger partial charge in [-0.1, -0.05) is 32.3 Å². The van der Waals surface area contributed by atoms with E-state index in [1.54, 1.807) is 0 Å². The second kappa shape index (κ2) is 5.53. The molecular formula is C12H19N2. The Bertz CT molecular complexity index is 282. The first kappa shape index (κ1) is 10.9. The lowest BCUT2D eigenvalue weighted by Crippen LogP contribution is -1.96. The van der Waals surface area contributed by atoms with Gasteiger partial charge in [-0.2, -0.15) is 0 Å². The lowest BCUT2D eigenvalue weighted by Gasteiger charge is -2.05. The van der Waals surface area contributed by atoms with Crippen LogP contribution in [0.4, 0.5) is 11.4 Å². The molecule has 0 aromatic heterocycles. The molecule has 0 bridgehead atoms. The Labute approximate surface area is 86.3 Å². The molecule has 2 heteroatoms. The predicted molar refractivity (Wildman–Crippen MR) is 62.8 cm³/mol. The number of hydrogen-bond donors (Lipinski definition) is 2. The van der Waals surface area contributed by atoms with Crippen LogP contribution in [-0.2, 0) is 6.42 Å². The fourth-order valence-electron chi connectivity index (χ4n) is 1.51. The van der Waals surface area contributed by atoms with Gasteiger partial charge < -0.3 is 11.5 Å². The summed E-state index contributed by atoms with van der Waals surface area (Å²) in [5.41, 5.74) is 14.2. The quantitative estimate of drug-likeness (QED) is 0.555. The van der Waals surface area contributed by atoms with Crippen LogP contribution in [0.1, 0.15) is 31.2 Å². The maximum absolute atomic E-state index is 5.84. The molecule has 0 aliphatic carbocycles. The van der Waals surface area contributed by atoms with Gasteiger partial charge in [0.2, 0.25) is 0 Å². The van der Waals surface area contributed by atoms with Crippen LogP contribution < -0.4 is 11.5 Å². The van der Waals surface area contributed by atoms with E-state index in [-0.39, 0.29) is 0 Å². The summed E-state index contributed by atoms with van der Waals surface area (Å²) >= 11 is 0. The molecule has 0 heterocycles. The van der Waals surface area contributed by atoms with Crippen molar-refractivity contribution < 1.29 is 0 Å². The molecule has 0 unspecified atom stereocenters. The lowest BCUT2D eigenvalue weighted by atomic mass is 10.0. The van der Waals surface area contributed by atoms with Gasteiger partial charge in [-0.3, -0.25) is 0 Å². The van der Waals surface area contributed by atoms with Gasteiger partial charge in [0, 0.05) is 11.4 Å². The highest BCUT2D eigenvalue weighted by Gasteiger charge is 1.98. The van der Waals surface area contributed by atoms with Gasteiger partial charge in [-0.15, -0.1) is 0 Å². The number of aryl methyl sites for hydroxylation is 1. The first-order valence-corrected chi connectivity index (χ1v) is 5.17. The smallest absolute Gasteiger partial charge is 0.0367 e. The molecule has 4 N–H and O–H groups in total. The van der Waals surface area contributed by atoms with E-state index in [4.69, 9.17) is 11.5 Å². The number of unbranched alkanes of at least 4 members (excludes halogenated alkanes) is 3. The van der Waals surface area contributed by atoms with Crippen molar-refractivity contribution in [2.45, 2.75) is 32.1 Å². The molecule has 0 amide bonds. The van der Waals surface area contributed by atoms with E-state index >= 15 is 0 Å². The van der Waals surface area contributed by atoms with Crippen LogP contribution in [0.5, 0.6) is 0 Å². The average Bonchev–Trinajstić information content (AvgIpc) is 2.15. The highest BCUT2D eigenvalue weighted by Crippen LogP contribution is 2.18. The van der Waals surface area contributed by atoms with E-state index in [1.165, 1.54) is 24.8 Å². The molecule has 1 radical (unpaired) electrons. The third kappa shape index (κ3) is 3.29. The zero-order valence-electron chi connectivity index (χ0n) is 8.63. The maximum atomic E-state index is 5.84. The predicted octanol–water partition coefficient (Wildman–Crippen LogP) is 2.79. The third-order valence-corrected chi connectivity index (χ3v) is 2.37. The zero-order chi connectivity index (χ0) is 10.4. The Hall–Kier alpha value is -1.18. The zero-order valence-corrected chi connectivity index (χ0v) is 8.63. The van der Waals surface area contributed by atoms with Gasteiger partial charge >= 0.3 is 0 Å². The van der Waals surface area contributed by atoms with Crippen LogP contribution in [0.2, 0.25) is 0 Å². The highest BCUT2D eigenvalue weighted by atomic mass is 14.6. The second-order valence-electron chi connectivity index (χ2n) is 3.62. The summed E-state index contributed by atoms with van der Waals surface area (Å²) in [6.45, 7) is 3.82. The van der Waals surface area contributed by atoms with Crippen molar-refractivity contribution in [1.82, 2.24) is 0 Å². The van der Waals surface area contributed by atoms with E-state index in [9.17, 15) is 0 Å². The fourth-order valence-corrected chi connectivity index (χ4v) is 1.51. The number of benzene rings is 1. The molecule has 0 aliphatic rings. The minimum absolute atomic E-state index is 0.740. The SMILES string of the molecule is [CH2]CCCCCc1ccc(N)cc1N. The monoisotopic (exact) mass is 191 g/mol. The van der Waals surface area contributed by atoms with Gasteiger partial charge in [0.1, 0.15) is 0 Å². The fraction of sp³-hybridized carbons (Fsp3) is 0.417. The minimum Gasteiger partial charge on any atom is -0.399 e. The molecule has 2 nitrogen and oxygen atoms in total. The number of anilines is 2. The van der Waals surface area contributed by atoms with Crippen LogP contribution in [0.15, 0.2) is 18.2 Å². The molecule has 1 rings (SSSR count). The number of nitrogen functional groups attached to an aromatic ring is 2. The average molecular weight is 191 g/mol. The van der Waals surface area contributed by atoms with Crippen molar-refractivity contribution >= 4 is 11.4 Å². The highest BCUT2D eigenvalue weighted by molar-refractivity contribution is 5.56. The maximum Gasteiger partial charge on any atom is 0.0367 e. The van der Waals surface area contributed by atoms with E-state index in [1.807, 2.05) is 18.2 Å². The van der Waals surface area contributed by atoms with Gasteiger partial charge in [0.05, 0.1) is 0 Å². The molecule has 0 fully saturated rings. The first-order valence-electron chi connectivity index (χ1n) is 5.17. The van der Waals surface area contributed by atoms with Gasteiger partial charge in [-0.05, 0) is 30.5 Å². The van der Waals surface area contributed by atoms with Crippen LogP contribution in [0.25, 0.3) is 0 Å². The van der Waals surface area contributed by atoms with Crippen molar-refractivity contribution in [3.63, 3.8) is 0 Å². The largest absolute Gasteiger partial charge is 0.399 e. The van der Waals surface area contributed by atoms with E-state index in [0.29, 0.717) is 0 Å². The van der Waals surface area contributed by atoms with Crippen molar-refractivity contribution in [1.29, 1.82) is 0 Å². The molecule has 77 valence electrons. The summed E-state index contributed by atoms with van der Waals surface area (Å²) in [4.78, 5) is 0. The molecule has 0 spiro atoms. The Balaban J connectivity index is 2.42. The second-order valence-corrected chi connectivity index (χ2v) is 3.62. The summed E-state index contributed by atoms with van der Waals surface area (Å²) in [6.07, 6.45) is 5.69. The number of hydrogen-bond acceptors (Lipinski definition) is 2. The van der Waals surface area contributed by atoms with Crippen LogP contribution in [0.3, 0.4) is 0 Å². The van der Waals surface area contributed by atoms with Crippen LogP contribution >= 0.6 is 0 Å². The topological polar surface area (TPSA) is 52.0 Å². The van der Waals surface area contributed by atoms with Crippen molar-refractivity contribution in [2.75, 3.05) is 11.5 Å². The summed E-state index contributed by atoms with van der Waals surface area (Å²) in [5, 5.41) is 0. The number of rotatable bonds is 5. The Morgan fingerprint density at radius 2 is 1.86 bits per heavy atom. The summed E-state index contributed by atoms with van der Waals surface area (Å²) in [7, 11) is 0. The van der Waals surface area contributed by atoms with E-state index in [0.717, 1.165) is 24.2 Å². The van der Waals surface area contributed by atoms with Crippen molar-refractivity contribution in [3.05, 3.63) is 30.7 Å². The van der Waals surface area contributed by atoms with Crippen LogP contribution in [0, 0.1) is 6.92 Å². The van der Waals surface area contributed by atoms with E-state index in [2.05, 4.69) is 6.92 Å². The Morgan fingerprint density at radius 1 is 1.07 bits per heavy atom. The number of nitrogens with two attached hydrogens (primary N) is 2. The molecule has 14 heavy (non-hydrogen) atoms. The van der Waals surface area contributed by atoms with Crippen molar-refractivity contribution in [2.24, 2.45) is 0 Å². The lowest BCUT2D eigenvalue weighted by molar-refractivity contribution is 0.686. The molecule has 0 atom stereocenters. The first-order chi connectivity index (χ1) is 6.74. The summed E-state index contributed by atoms with van der Waals surface area (Å²) < 4.78 is 0. The van der Waals surface area contributed by atoms with Gasteiger partial charge in [0.25, 0.3) is 0 Å². The third-order valence-electron chi connectivity index (χ3n) is 2.37. The molecule has 0 saturated heterocycles. The molecule has 0 saturated carbocycles. The van der Waals surface area contributed by atoms with Crippen LogP contribution in [-0.4, -0.2) is 0 Å². The van der Waals surface area contributed by atoms with E-state index < -0.39 is 0 Å². The standard InChI is InChI=1S/C12H19N2/c1-2-3-4-5-6-10-7-8-11(13)9-12(10)14/h7-9H,1-6,13-14H2. The summed E-state index contributed by atoms with van der Waals surface area (Å²) in [6, 6.07) is 5.76. The van der Waals surface area contributed by atoms with Crippen molar-refractivity contribution in [3.8, 4) is 0 Å². The van der Waals surface area contributed by atoms with Gasteiger partial charge in [0.15, 0.2) is 0 Å². The minimum atomic E-state index is 0.740.